The minimum atomic E-state index is -2.73. The number of aromatic amines is 1. The lowest BCUT2D eigenvalue weighted by molar-refractivity contribution is -0.0117. The largest absolute Gasteiger partial charge is 0.365 e. The van der Waals surface area contributed by atoms with E-state index in [9.17, 15) is 13.6 Å². The lowest BCUT2D eigenvalue weighted by Crippen LogP contribution is -2.43. The van der Waals surface area contributed by atoms with Crippen molar-refractivity contribution < 1.29 is 13.6 Å². The molecule has 0 spiro atoms. The number of amides is 1. The smallest absolute Gasteiger partial charge is 0.265 e. The van der Waals surface area contributed by atoms with Crippen molar-refractivity contribution in [1.82, 2.24) is 15.5 Å². The zero-order chi connectivity index (χ0) is 20.4. The number of aryl methyl sites for hydroxylation is 1. The molecule has 0 unspecified atom stereocenters. The summed E-state index contributed by atoms with van der Waals surface area (Å²) in [5.74, 6) is -3.02. The van der Waals surface area contributed by atoms with Crippen molar-refractivity contribution in [2.24, 2.45) is 0 Å². The van der Waals surface area contributed by atoms with Crippen LogP contribution in [0.25, 0.3) is 10.6 Å². The fourth-order valence-electron chi connectivity index (χ4n) is 3.55. The van der Waals surface area contributed by atoms with Gasteiger partial charge in [0.1, 0.15) is 5.69 Å². The first-order valence-corrected chi connectivity index (χ1v) is 10.4. The van der Waals surface area contributed by atoms with Gasteiger partial charge in [0.25, 0.3) is 11.8 Å². The Kier molecular flexibility index (Phi) is 5.36. The lowest BCUT2D eigenvalue weighted by atomic mass is 10.0. The fourth-order valence-corrected chi connectivity index (χ4v) is 4.24. The van der Waals surface area contributed by atoms with Gasteiger partial charge in [-0.25, -0.2) is 8.78 Å². The molecule has 0 atom stereocenters. The van der Waals surface area contributed by atoms with Crippen molar-refractivity contribution >= 4 is 22.9 Å². The number of halogens is 2. The monoisotopic (exact) mass is 416 g/mol. The van der Waals surface area contributed by atoms with Gasteiger partial charge >= 0.3 is 0 Å². The van der Waals surface area contributed by atoms with Crippen molar-refractivity contribution in [3.8, 4) is 10.6 Å². The van der Waals surface area contributed by atoms with Crippen LogP contribution in [0, 0.1) is 6.92 Å². The Hall–Kier alpha value is -2.74. The van der Waals surface area contributed by atoms with Crippen LogP contribution >= 0.6 is 11.3 Å². The number of carbonyl (C=O) groups is 1. The number of aromatic nitrogens is 2. The van der Waals surface area contributed by atoms with Crippen LogP contribution in [0.15, 0.2) is 41.8 Å². The van der Waals surface area contributed by atoms with Crippen LogP contribution in [0.5, 0.6) is 0 Å². The topological polar surface area (TPSA) is 61.0 Å². The molecule has 1 fully saturated rings. The van der Waals surface area contributed by atoms with Crippen LogP contribution in [0.2, 0.25) is 0 Å². The highest BCUT2D eigenvalue weighted by Gasteiger charge is 2.36. The van der Waals surface area contributed by atoms with Crippen molar-refractivity contribution in [2.45, 2.75) is 32.2 Å². The Morgan fingerprint density at radius 2 is 2.21 bits per heavy atom. The molecule has 0 radical (unpaired) electrons. The van der Waals surface area contributed by atoms with Crippen LogP contribution in [-0.4, -0.2) is 35.1 Å². The van der Waals surface area contributed by atoms with Crippen LogP contribution in [0.4, 0.5) is 14.5 Å². The van der Waals surface area contributed by atoms with Crippen molar-refractivity contribution in [2.75, 3.05) is 18.0 Å². The molecule has 3 aromatic rings. The first-order valence-electron chi connectivity index (χ1n) is 9.51. The summed E-state index contributed by atoms with van der Waals surface area (Å²) in [7, 11) is 0. The zero-order valence-electron chi connectivity index (χ0n) is 16.0. The quantitative estimate of drug-likeness (QED) is 0.638. The molecule has 1 aromatic carbocycles. The molecular weight excluding hydrogens is 394 g/mol. The van der Waals surface area contributed by atoms with Gasteiger partial charge in [0.2, 0.25) is 0 Å². The highest BCUT2D eigenvalue weighted by atomic mass is 32.1. The summed E-state index contributed by atoms with van der Waals surface area (Å²) in [6.45, 7) is 2.32. The number of nitrogens with zero attached hydrogens (tertiary/aromatic N) is 2. The lowest BCUT2D eigenvalue weighted by Gasteiger charge is -2.35. The Morgan fingerprint density at radius 1 is 1.34 bits per heavy atom. The number of H-pyrrole nitrogens is 1. The van der Waals surface area contributed by atoms with E-state index in [-0.39, 0.29) is 25.4 Å². The predicted octanol–water partition coefficient (Wildman–Crippen LogP) is 4.61. The van der Waals surface area contributed by atoms with E-state index in [1.807, 2.05) is 36.6 Å². The summed E-state index contributed by atoms with van der Waals surface area (Å²) < 4.78 is 27.8. The van der Waals surface area contributed by atoms with Gasteiger partial charge in [-0.1, -0.05) is 17.7 Å². The van der Waals surface area contributed by atoms with Crippen LogP contribution < -0.4 is 10.2 Å². The SMILES string of the molecule is Cc1ccc(N2CCCC(F)(F)C2)c(C(=O)NCc2cc(-c3cccs3)n[nH]2)c1. The molecule has 2 N–H and O–H groups in total. The second-order valence-electron chi connectivity index (χ2n) is 7.34. The number of nitrogens with one attached hydrogen (secondary N) is 2. The van der Waals surface area contributed by atoms with E-state index in [1.54, 1.807) is 28.4 Å². The number of thiophene rings is 1. The van der Waals surface area contributed by atoms with Gasteiger partial charge in [0, 0.05) is 18.7 Å². The molecule has 5 nitrogen and oxygen atoms in total. The predicted molar refractivity (Wildman–Crippen MR) is 111 cm³/mol. The number of anilines is 1. The fraction of sp³-hybridized carbons (Fsp3) is 0.333. The van der Waals surface area contributed by atoms with Gasteiger partial charge in [-0.05, 0) is 43.0 Å². The van der Waals surface area contributed by atoms with Crippen molar-refractivity contribution in [3.05, 3.63) is 58.6 Å². The number of alkyl halides is 2. The van der Waals surface area contributed by atoms with Gasteiger partial charge in [-0.15, -0.1) is 11.3 Å². The Balaban J connectivity index is 1.49. The van der Waals surface area contributed by atoms with Crippen molar-refractivity contribution in [1.29, 1.82) is 0 Å². The van der Waals surface area contributed by atoms with Crippen LogP contribution in [0.3, 0.4) is 0 Å². The minimum absolute atomic E-state index is 0.108. The number of carbonyl (C=O) groups excluding carboxylic acids is 1. The summed E-state index contributed by atoms with van der Waals surface area (Å²) in [6.07, 6.45) is 0.296. The molecule has 1 saturated heterocycles. The van der Waals surface area contributed by atoms with Crippen LogP contribution in [-0.2, 0) is 6.54 Å². The Morgan fingerprint density at radius 3 is 2.97 bits per heavy atom. The minimum Gasteiger partial charge on any atom is -0.365 e. The second-order valence-corrected chi connectivity index (χ2v) is 8.29. The summed E-state index contributed by atoms with van der Waals surface area (Å²) in [5, 5.41) is 12.1. The number of benzene rings is 1. The molecule has 29 heavy (non-hydrogen) atoms. The number of piperidine rings is 1. The van der Waals surface area contributed by atoms with E-state index < -0.39 is 5.92 Å². The molecule has 8 heteroatoms. The van der Waals surface area contributed by atoms with Gasteiger partial charge < -0.3 is 10.2 Å². The van der Waals surface area contributed by atoms with Gasteiger partial charge in [0.15, 0.2) is 0 Å². The highest BCUT2D eigenvalue weighted by Crippen LogP contribution is 2.32. The van der Waals surface area contributed by atoms with Crippen molar-refractivity contribution in [3.63, 3.8) is 0 Å². The number of hydrogen-bond acceptors (Lipinski definition) is 4. The summed E-state index contributed by atoms with van der Waals surface area (Å²) >= 11 is 1.59. The number of rotatable bonds is 5. The third-order valence-electron chi connectivity index (χ3n) is 4.97. The van der Waals surface area contributed by atoms with Gasteiger partial charge in [0.05, 0.1) is 29.2 Å². The molecular formula is C21H22F2N4OS. The molecule has 3 heterocycles. The molecule has 1 amide bonds. The van der Waals surface area contributed by atoms with E-state index >= 15 is 0 Å². The standard InChI is InChI=1S/C21H22F2N4OS/c1-14-5-6-18(27-8-3-7-21(22,23)13-27)16(10-14)20(28)24-12-15-11-17(26-25-15)19-4-2-9-29-19/h2,4-6,9-11H,3,7-8,12-13H2,1H3,(H,24,28)(H,25,26). The van der Waals surface area contributed by atoms with E-state index in [0.717, 1.165) is 21.8 Å². The number of hydrogen-bond donors (Lipinski definition) is 2. The first kappa shape index (κ1) is 19.6. The molecule has 1 aliphatic rings. The van der Waals surface area contributed by atoms with E-state index in [0.29, 0.717) is 24.2 Å². The Labute approximate surface area is 171 Å². The Bertz CT molecular complexity index is 1000. The van der Waals surface area contributed by atoms with E-state index in [4.69, 9.17) is 0 Å². The normalized spacial score (nSPS) is 16.0. The molecule has 4 rings (SSSR count). The molecule has 2 aromatic heterocycles. The third kappa shape index (κ3) is 4.48. The maximum absolute atomic E-state index is 13.9. The second kappa shape index (κ2) is 7.94. The summed E-state index contributed by atoms with van der Waals surface area (Å²) in [6, 6.07) is 11.2. The zero-order valence-corrected chi connectivity index (χ0v) is 16.9. The van der Waals surface area contributed by atoms with Gasteiger partial charge in [-0.2, -0.15) is 5.10 Å². The average Bonchev–Trinajstić information content (AvgIpc) is 3.37. The summed E-state index contributed by atoms with van der Waals surface area (Å²) in [5.41, 5.74) is 3.48. The van der Waals surface area contributed by atoms with E-state index in [1.165, 1.54) is 0 Å². The molecule has 0 saturated carbocycles. The van der Waals surface area contributed by atoms with Gasteiger partial charge in [-0.3, -0.25) is 9.89 Å². The molecule has 0 aliphatic carbocycles. The molecule has 152 valence electrons. The maximum atomic E-state index is 13.9. The van der Waals surface area contributed by atoms with E-state index in [2.05, 4.69) is 15.5 Å². The average molecular weight is 416 g/mol. The highest BCUT2D eigenvalue weighted by molar-refractivity contribution is 7.13. The molecule has 0 bridgehead atoms. The third-order valence-corrected chi connectivity index (χ3v) is 5.87. The maximum Gasteiger partial charge on any atom is 0.265 e. The summed E-state index contributed by atoms with van der Waals surface area (Å²) in [4.78, 5) is 15.5. The first-order chi connectivity index (χ1) is 13.9. The molecule has 1 aliphatic heterocycles. The van der Waals surface area contributed by atoms with Crippen LogP contribution in [0.1, 0.15) is 34.5 Å².